The topological polar surface area (TPSA) is 375 Å². The average Bonchev–Trinajstić information content (AvgIpc) is 3.26. The summed E-state index contributed by atoms with van der Waals surface area (Å²) in [6.45, 7) is -4.53. The molecule has 6 amide bonds. The fourth-order valence-corrected chi connectivity index (χ4v) is 13.5. The number of carbonyl (C=O) groups is 6. The fraction of sp³-hybridized carbons (Fsp3) is 0.486. The van der Waals surface area contributed by atoms with Gasteiger partial charge in [0, 0.05) is 33.3 Å². The van der Waals surface area contributed by atoms with E-state index in [0.29, 0.717) is 0 Å². The lowest BCUT2D eigenvalue weighted by molar-refractivity contribution is 0.00790. The molecule has 29 heteroatoms. The first-order valence-electron chi connectivity index (χ1n) is 18.2. The van der Waals surface area contributed by atoms with E-state index in [1.165, 1.54) is 6.92 Å². The Bertz CT molecular complexity index is 1790. The Morgan fingerprint density at radius 3 is 0.906 bits per heavy atom. The second-order valence-electron chi connectivity index (χ2n) is 13.7. The number of ether oxygens (including phenoxy) is 2. The summed E-state index contributed by atoms with van der Waals surface area (Å²) >= 11 is 10.5. The van der Waals surface area contributed by atoms with Crippen molar-refractivity contribution in [2.24, 2.45) is 5.41 Å². The lowest BCUT2D eigenvalue weighted by Gasteiger charge is -2.27. The van der Waals surface area contributed by atoms with Crippen molar-refractivity contribution in [2.75, 3.05) is 83.1 Å². The van der Waals surface area contributed by atoms with Crippen LogP contribution in [0.15, 0.2) is 0 Å². The molecule has 358 valence electrons. The van der Waals surface area contributed by atoms with Crippen molar-refractivity contribution in [1.29, 1.82) is 0 Å². The van der Waals surface area contributed by atoms with Crippen LogP contribution in [-0.2, 0) is 9.47 Å². The fourth-order valence-electron chi connectivity index (χ4n) is 4.69. The van der Waals surface area contributed by atoms with Gasteiger partial charge in [-0.05, 0) is 136 Å². The van der Waals surface area contributed by atoms with Crippen LogP contribution >= 0.6 is 136 Å². The molecule has 0 aliphatic rings. The number of amides is 6. The van der Waals surface area contributed by atoms with Crippen LogP contribution in [-0.4, -0.2) is 179 Å². The van der Waals surface area contributed by atoms with Gasteiger partial charge in [-0.2, -0.15) is 0 Å². The second kappa shape index (κ2) is 28.4. The highest BCUT2D eigenvalue weighted by Gasteiger charge is 2.33. The van der Waals surface area contributed by atoms with Gasteiger partial charge < -0.3 is 76.7 Å². The number of benzene rings is 2. The third-order valence-corrected chi connectivity index (χ3v) is 14.8. The molecule has 0 fully saturated rings. The molecular formula is C35H44I6N6O17. The number of anilines is 2. The van der Waals surface area contributed by atoms with Gasteiger partial charge in [0.2, 0.25) is 0 Å². The van der Waals surface area contributed by atoms with E-state index in [0.717, 1.165) is 0 Å². The molecule has 2 aromatic carbocycles. The molecule has 0 heterocycles. The van der Waals surface area contributed by atoms with Crippen molar-refractivity contribution >= 4 is 183 Å². The van der Waals surface area contributed by atoms with Crippen LogP contribution in [0.5, 0.6) is 0 Å². The summed E-state index contributed by atoms with van der Waals surface area (Å²) in [6, 6.07) is 0. The monoisotopic (exact) mass is 1580 g/mol. The number of hydrogen-bond donors (Lipinski definition) is 15. The van der Waals surface area contributed by atoms with Gasteiger partial charge in [-0.1, -0.05) is 6.92 Å². The van der Waals surface area contributed by atoms with Crippen LogP contribution in [0.2, 0.25) is 0 Å². The van der Waals surface area contributed by atoms with E-state index in [1.54, 1.807) is 136 Å². The van der Waals surface area contributed by atoms with Gasteiger partial charge in [0.05, 0.1) is 111 Å². The zero-order valence-electron chi connectivity index (χ0n) is 33.1. The summed E-state index contributed by atoms with van der Waals surface area (Å²) in [7, 11) is 0. The Morgan fingerprint density at radius 2 is 0.703 bits per heavy atom. The summed E-state index contributed by atoms with van der Waals surface area (Å²) < 4.78 is 11.5. The maximum Gasteiger partial charge on any atom is 0.411 e. The van der Waals surface area contributed by atoms with Gasteiger partial charge in [0.15, 0.2) is 0 Å². The molecule has 4 atom stereocenters. The Hall–Kier alpha value is -1.12. The molecule has 15 N–H and O–H groups in total. The van der Waals surface area contributed by atoms with Gasteiger partial charge in [-0.3, -0.25) is 29.8 Å². The van der Waals surface area contributed by atoms with Crippen molar-refractivity contribution in [1.82, 2.24) is 21.3 Å². The third-order valence-electron chi connectivity index (χ3n) is 8.32. The van der Waals surface area contributed by atoms with Crippen LogP contribution in [0.3, 0.4) is 0 Å². The molecule has 0 spiro atoms. The minimum absolute atomic E-state index is 0.0642. The molecule has 4 unspecified atom stereocenters. The molecule has 0 radical (unpaired) electrons. The summed E-state index contributed by atoms with van der Waals surface area (Å²) in [5, 5.41) is 101. The van der Waals surface area contributed by atoms with Crippen LogP contribution in [0.25, 0.3) is 0 Å². The number of rotatable bonds is 23. The van der Waals surface area contributed by atoms with E-state index in [2.05, 4.69) is 31.9 Å². The molecule has 0 aliphatic heterocycles. The Morgan fingerprint density at radius 1 is 0.469 bits per heavy atom. The first kappa shape index (κ1) is 59.0. The molecule has 0 bridgehead atoms. The molecule has 64 heavy (non-hydrogen) atoms. The summed E-state index contributed by atoms with van der Waals surface area (Å²) in [4.78, 5) is 80.0. The van der Waals surface area contributed by atoms with Crippen LogP contribution in [0.1, 0.15) is 48.4 Å². The quantitative estimate of drug-likeness (QED) is 0.0620. The van der Waals surface area contributed by atoms with Crippen molar-refractivity contribution in [3.63, 3.8) is 0 Å². The number of hydrogen-bond acceptors (Lipinski definition) is 17. The zero-order chi connectivity index (χ0) is 48.6. The molecule has 23 nitrogen and oxygen atoms in total. The minimum Gasteiger partial charge on any atom is -0.448 e. The largest absolute Gasteiger partial charge is 0.448 e. The smallest absolute Gasteiger partial charge is 0.411 e. The number of nitrogens with one attached hydrogen (secondary N) is 6. The highest BCUT2D eigenvalue weighted by atomic mass is 127. The number of halogens is 6. The molecular weight excluding hydrogens is 1540 g/mol. The van der Waals surface area contributed by atoms with Gasteiger partial charge in [0.1, 0.15) is 13.2 Å². The van der Waals surface area contributed by atoms with E-state index in [1.807, 2.05) is 0 Å². The van der Waals surface area contributed by atoms with Gasteiger partial charge in [0.25, 0.3) is 23.6 Å². The molecule has 0 aromatic heterocycles. The normalized spacial score (nSPS) is 13.9. The molecule has 0 aliphatic carbocycles. The lowest BCUT2D eigenvalue weighted by Crippen LogP contribution is -2.38. The lowest BCUT2D eigenvalue weighted by atomic mass is 9.94. The number of aliphatic hydroxyl groups excluding tert-OH is 9. The summed E-state index contributed by atoms with van der Waals surface area (Å²) in [6.07, 6.45) is -7.49. The summed E-state index contributed by atoms with van der Waals surface area (Å²) in [5.41, 5.74) is -2.00. The predicted molar refractivity (Wildman–Crippen MR) is 276 cm³/mol. The second-order valence-corrected chi connectivity index (χ2v) is 20.2. The Kier molecular flexibility index (Phi) is 26.2. The van der Waals surface area contributed by atoms with Crippen LogP contribution in [0, 0.1) is 26.8 Å². The van der Waals surface area contributed by atoms with Crippen molar-refractivity contribution in [2.45, 2.75) is 31.3 Å². The zero-order valence-corrected chi connectivity index (χ0v) is 46.1. The van der Waals surface area contributed by atoms with Crippen molar-refractivity contribution in [3.8, 4) is 0 Å². The van der Waals surface area contributed by atoms with E-state index in [-0.39, 0.29) is 81.2 Å². The molecule has 0 saturated heterocycles. The number of aliphatic hydroxyl groups is 9. The highest BCUT2D eigenvalue weighted by molar-refractivity contribution is 14.1. The Balaban J connectivity index is 2.40. The SMILES string of the molecule is CC(CO)(COC(=O)Nc1c(I)c(C(=O)NCC(O)CO)c(I)c(C(=O)NCC(O)CO)c1I)COC(=O)Nc1c(I)c(C(=O)NCC(O)CO)c(I)c(C(=O)NCC(O)CO)c1I. The average molecular weight is 1580 g/mol. The molecule has 0 saturated carbocycles. The first-order chi connectivity index (χ1) is 30.0. The maximum atomic E-state index is 13.3. The van der Waals surface area contributed by atoms with Gasteiger partial charge in [-0.25, -0.2) is 9.59 Å². The first-order valence-corrected chi connectivity index (χ1v) is 24.7. The maximum absolute atomic E-state index is 13.3. The van der Waals surface area contributed by atoms with Gasteiger partial charge in [-0.15, -0.1) is 0 Å². The number of carbonyl (C=O) groups excluding carboxylic acids is 6. The van der Waals surface area contributed by atoms with E-state index >= 15 is 0 Å². The third kappa shape index (κ3) is 16.8. The predicted octanol–water partition coefficient (Wildman–Crippen LogP) is -0.558. The standard InChI is InChI=1S/C35H44I6N6O17/c1-35(10-52,11-63-33(61)46-27-23(38)17(29(57)42-2-13(53)6-48)21(36)18(24(27)39)30(58)43-3-14(54)7-49)12-64-34(62)47-28-25(40)19(31(59)44-4-15(55)8-50)22(37)20(26(28)41)32(60)45-5-16(56)9-51/h13-16,48-56H,2-12H2,1H3,(H,42,57)(H,43,58)(H,44,59)(H,45,60)(H,46,61)(H,47,62). The van der Waals surface area contributed by atoms with Gasteiger partial charge >= 0.3 is 12.2 Å². The summed E-state index contributed by atoms with van der Waals surface area (Å²) in [5.74, 6) is -3.14. The Labute approximate surface area is 446 Å². The molecule has 2 rings (SSSR count). The minimum atomic E-state index is -1.46. The van der Waals surface area contributed by atoms with Crippen molar-refractivity contribution in [3.05, 3.63) is 43.7 Å². The van der Waals surface area contributed by atoms with Crippen LogP contribution < -0.4 is 31.9 Å². The van der Waals surface area contributed by atoms with E-state index in [9.17, 15) is 74.7 Å². The molecule has 2 aromatic rings. The van der Waals surface area contributed by atoms with E-state index in [4.69, 9.17) is 9.47 Å². The van der Waals surface area contributed by atoms with Crippen LogP contribution in [0.4, 0.5) is 21.0 Å². The van der Waals surface area contributed by atoms with Crippen molar-refractivity contribution < 1.29 is 84.2 Å². The van der Waals surface area contributed by atoms with E-state index < -0.39 is 112 Å². The highest BCUT2D eigenvalue weighted by Crippen LogP contribution is 2.37.